The van der Waals surface area contributed by atoms with E-state index in [1.165, 1.54) is 32.1 Å². The number of nitrogens with one attached hydrogen (secondary N) is 1. The molecule has 1 unspecified atom stereocenters. The van der Waals surface area contributed by atoms with Crippen LogP contribution >= 0.6 is 0 Å². The Morgan fingerprint density at radius 3 is 2.53 bits per heavy atom. The van der Waals surface area contributed by atoms with E-state index >= 15 is 0 Å². The predicted octanol–water partition coefficient (Wildman–Crippen LogP) is 2.76. The van der Waals surface area contributed by atoms with Crippen LogP contribution in [-0.2, 0) is 0 Å². The van der Waals surface area contributed by atoms with E-state index in [0.717, 1.165) is 12.3 Å². The van der Waals surface area contributed by atoms with Crippen molar-refractivity contribution in [3.05, 3.63) is 0 Å². The Balaban J connectivity index is 2.22. The van der Waals surface area contributed by atoms with E-state index in [4.69, 9.17) is 0 Å². The molecule has 4 nitrogen and oxygen atoms in total. The van der Waals surface area contributed by atoms with Gasteiger partial charge in [-0.3, -0.25) is 0 Å². The molecule has 0 aromatic carbocycles. The first kappa shape index (κ1) is 16.3. The van der Waals surface area contributed by atoms with Crippen molar-refractivity contribution in [1.29, 1.82) is 0 Å². The molecule has 1 rings (SSSR count). The molecule has 19 heavy (non-hydrogen) atoms. The Bertz CT molecular complexity index is 280. The predicted molar refractivity (Wildman–Crippen MR) is 78.1 cm³/mol. The molecular weight excluding hydrogens is 240 g/mol. The number of carbonyl (C=O) groups excluding carboxylic acids is 1. The average Bonchev–Trinajstić information content (AvgIpc) is 2.76. The van der Waals surface area contributed by atoms with E-state index in [9.17, 15) is 9.90 Å². The fourth-order valence-corrected chi connectivity index (χ4v) is 2.83. The molecule has 2 N–H and O–H groups in total. The lowest BCUT2D eigenvalue weighted by Gasteiger charge is -2.27. The van der Waals surface area contributed by atoms with Crippen LogP contribution in [0.15, 0.2) is 0 Å². The first-order valence-corrected chi connectivity index (χ1v) is 7.52. The van der Waals surface area contributed by atoms with Crippen molar-refractivity contribution in [2.75, 3.05) is 13.6 Å². The van der Waals surface area contributed by atoms with Crippen molar-refractivity contribution in [2.45, 2.75) is 70.9 Å². The van der Waals surface area contributed by atoms with E-state index in [0.29, 0.717) is 6.54 Å². The van der Waals surface area contributed by atoms with Crippen LogP contribution in [0.1, 0.15) is 59.3 Å². The molecule has 0 heterocycles. The quantitative estimate of drug-likeness (QED) is 0.779. The molecule has 0 radical (unpaired) electrons. The molecule has 1 aliphatic rings. The topological polar surface area (TPSA) is 52.6 Å². The Morgan fingerprint density at radius 2 is 2.00 bits per heavy atom. The monoisotopic (exact) mass is 270 g/mol. The maximum Gasteiger partial charge on any atom is 0.317 e. The molecule has 1 aliphatic carbocycles. The number of urea groups is 1. The molecule has 0 aromatic heterocycles. The molecular formula is C15H30N2O2. The average molecular weight is 270 g/mol. The first-order chi connectivity index (χ1) is 8.78. The summed E-state index contributed by atoms with van der Waals surface area (Å²) < 4.78 is 0. The maximum atomic E-state index is 11.9. The van der Waals surface area contributed by atoms with Crippen molar-refractivity contribution in [1.82, 2.24) is 10.2 Å². The number of hydrogen-bond donors (Lipinski definition) is 2. The van der Waals surface area contributed by atoms with Crippen LogP contribution in [0.3, 0.4) is 0 Å². The minimum absolute atomic E-state index is 0.0963. The summed E-state index contributed by atoms with van der Waals surface area (Å²) in [5.74, 6) is 0.869. The number of amides is 2. The molecule has 1 fully saturated rings. The Morgan fingerprint density at radius 1 is 1.42 bits per heavy atom. The van der Waals surface area contributed by atoms with Gasteiger partial charge in [0.25, 0.3) is 0 Å². The first-order valence-electron chi connectivity index (χ1n) is 7.52. The number of hydrogen-bond acceptors (Lipinski definition) is 2. The SMILES string of the molecule is CC(CCC1CCCC1)NC(=O)N(C)CC(C)(C)O. The van der Waals surface area contributed by atoms with Crippen molar-refractivity contribution < 1.29 is 9.90 Å². The zero-order valence-electron chi connectivity index (χ0n) is 12.9. The lowest BCUT2D eigenvalue weighted by atomic mass is 9.99. The summed E-state index contributed by atoms with van der Waals surface area (Å²) in [6, 6.07) is 0.110. The van der Waals surface area contributed by atoms with E-state index in [2.05, 4.69) is 12.2 Å². The van der Waals surface area contributed by atoms with Gasteiger partial charge in [-0.1, -0.05) is 25.7 Å². The normalized spacial score (nSPS) is 18.4. The van der Waals surface area contributed by atoms with Crippen LogP contribution in [0.4, 0.5) is 4.79 Å². The summed E-state index contributed by atoms with van der Waals surface area (Å²) in [7, 11) is 1.72. The second kappa shape index (κ2) is 7.13. The third-order valence-corrected chi connectivity index (χ3v) is 3.82. The molecule has 1 atom stereocenters. The third-order valence-electron chi connectivity index (χ3n) is 3.82. The van der Waals surface area contributed by atoms with Crippen molar-refractivity contribution in [3.8, 4) is 0 Å². The Labute approximate surface area is 117 Å². The standard InChI is InChI=1S/C15H30N2O2/c1-12(9-10-13-7-5-6-8-13)16-14(18)17(4)11-15(2,3)19/h12-13,19H,5-11H2,1-4H3,(H,16,18). The molecule has 0 spiro atoms. The number of aliphatic hydroxyl groups is 1. The van der Waals surface area contributed by atoms with Gasteiger partial charge >= 0.3 is 6.03 Å². The summed E-state index contributed by atoms with van der Waals surface area (Å²) in [5, 5.41) is 12.7. The van der Waals surface area contributed by atoms with Gasteiger partial charge in [0.05, 0.1) is 12.1 Å². The van der Waals surface area contributed by atoms with Gasteiger partial charge in [-0.05, 0) is 39.5 Å². The fourth-order valence-electron chi connectivity index (χ4n) is 2.83. The number of rotatable bonds is 6. The van der Waals surface area contributed by atoms with Gasteiger partial charge < -0.3 is 15.3 Å². The summed E-state index contributed by atoms with van der Waals surface area (Å²) in [4.78, 5) is 13.5. The lowest BCUT2D eigenvalue weighted by Crippen LogP contribution is -2.47. The van der Waals surface area contributed by atoms with Gasteiger partial charge in [0.1, 0.15) is 0 Å². The lowest BCUT2D eigenvalue weighted by molar-refractivity contribution is 0.0528. The highest BCUT2D eigenvalue weighted by Crippen LogP contribution is 2.28. The van der Waals surface area contributed by atoms with Crippen LogP contribution in [0.5, 0.6) is 0 Å². The second-order valence-electron chi connectivity index (χ2n) is 6.75. The number of carbonyl (C=O) groups is 1. The molecule has 2 amide bonds. The summed E-state index contributed by atoms with van der Waals surface area (Å²) in [6.07, 6.45) is 7.74. The highest BCUT2D eigenvalue weighted by Gasteiger charge is 2.21. The van der Waals surface area contributed by atoms with Crippen LogP contribution in [0.2, 0.25) is 0 Å². The van der Waals surface area contributed by atoms with Crippen molar-refractivity contribution >= 4 is 6.03 Å². The minimum atomic E-state index is -0.848. The largest absolute Gasteiger partial charge is 0.389 e. The highest BCUT2D eigenvalue weighted by atomic mass is 16.3. The smallest absolute Gasteiger partial charge is 0.317 e. The Hall–Kier alpha value is -0.770. The summed E-state index contributed by atoms with van der Waals surface area (Å²) in [5.41, 5.74) is -0.848. The van der Waals surface area contributed by atoms with Gasteiger partial charge in [-0.15, -0.1) is 0 Å². The molecule has 1 saturated carbocycles. The molecule has 0 bridgehead atoms. The third kappa shape index (κ3) is 6.81. The molecule has 4 heteroatoms. The van der Waals surface area contributed by atoms with E-state index in [1.807, 2.05) is 0 Å². The highest BCUT2D eigenvalue weighted by molar-refractivity contribution is 5.74. The molecule has 112 valence electrons. The number of nitrogens with zero attached hydrogens (tertiary/aromatic N) is 1. The summed E-state index contributed by atoms with van der Waals surface area (Å²) in [6.45, 7) is 5.82. The molecule has 0 aliphatic heterocycles. The van der Waals surface area contributed by atoms with Crippen LogP contribution in [-0.4, -0.2) is 41.3 Å². The van der Waals surface area contributed by atoms with Crippen molar-refractivity contribution in [3.63, 3.8) is 0 Å². The van der Waals surface area contributed by atoms with Gasteiger partial charge in [0, 0.05) is 13.1 Å². The van der Waals surface area contributed by atoms with E-state index < -0.39 is 5.60 Å². The van der Waals surface area contributed by atoms with Gasteiger partial charge in [-0.2, -0.15) is 0 Å². The van der Waals surface area contributed by atoms with Gasteiger partial charge in [0.15, 0.2) is 0 Å². The van der Waals surface area contributed by atoms with Gasteiger partial charge in [0.2, 0.25) is 0 Å². The van der Waals surface area contributed by atoms with E-state index in [1.54, 1.807) is 25.8 Å². The fraction of sp³-hybridized carbons (Fsp3) is 0.933. The molecule has 0 saturated heterocycles. The van der Waals surface area contributed by atoms with E-state index in [-0.39, 0.29) is 12.1 Å². The van der Waals surface area contributed by atoms with Crippen molar-refractivity contribution in [2.24, 2.45) is 5.92 Å². The zero-order valence-corrected chi connectivity index (χ0v) is 12.9. The van der Waals surface area contributed by atoms with Gasteiger partial charge in [-0.25, -0.2) is 4.79 Å². The maximum absolute atomic E-state index is 11.9. The van der Waals surface area contributed by atoms with Crippen LogP contribution in [0, 0.1) is 5.92 Å². The van der Waals surface area contributed by atoms with Crippen LogP contribution < -0.4 is 5.32 Å². The Kier molecular flexibility index (Phi) is 6.11. The molecule has 0 aromatic rings. The minimum Gasteiger partial charge on any atom is -0.389 e. The summed E-state index contributed by atoms with van der Waals surface area (Å²) >= 11 is 0. The zero-order chi connectivity index (χ0) is 14.5. The van der Waals surface area contributed by atoms with Crippen LogP contribution in [0.25, 0.3) is 0 Å². The number of likely N-dealkylation sites (N-methyl/N-ethyl adjacent to an activating group) is 1. The second-order valence-corrected chi connectivity index (χ2v) is 6.75.